The van der Waals surface area contributed by atoms with Crippen LogP contribution in [0, 0.1) is 5.92 Å². The van der Waals surface area contributed by atoms with Gasteiger partial charge in [0.05, 0.1) is 4.90 Å². The minimum Gasteiger partial charge on any atom is -0.326 e. The van der Waals surface area contributed by atoms with Crippen LogP contribution in [0.15, 0.2) is 53.4 Å². The molecule has 24 heavy (non-hydrogen) atoms. The SMILES string of the molecule is CC(=O)Nc1ccc(NS(=O)(=O)c2ccc(CC(C)C)cc2)cc1. The molecule has 6 heteroatoms. The minimum atomic E-state index is -3.63. The first kappa shape index (κ1) is 18.0. The van der Waals surface area contributed by atoms with E-state index in [1.54, 1.807) is 36.4 Å². The molecule has 0 atom stereocenters. The van der Waals surface area contributed by atoms with E-state index in [1.807, 2.05) is 12.1 Å². The molecule has 2 aromatic carbocycles. The van der Waals surface area contributed by atoms with Crippen LogP contribution in [0.3, 0.4) is 0 Å². The Kier molecular flexibility index (Phi) is 5.62. The van der Waals surface area contributed by atoms with Crippen molar-refractivity contribution in [3.63, 3.8) is 0 Å². The highest BCUT2D eigenvalue weighted by atomic mass is 32.2. The van der Waals surface area contributed by atoms with E-state index in [-0.39, 0.29) is 10.8 Å². The standard InChI is InChI=1S/C18H22N2O3S/c1-13(2)12-15-4-10-18(11-5-15)24(22,23)20-17-8-6-16(7-9-17)19-14(3)21/h4-11,13,20H,12H2,1-3H3,(H,19,21). The minimum absolute atomic E-state index is 0.176. The van der Waals surface area contributed by atoms with Gasteiger partial charge in [-0.3, -0.25) is 9.52 Å². The van der Waals surface area contributed by atoms with Crippen molar-refractivity contribution in [3.8, 4) is 0 Å². The number of rotatable bonds is 6. The highest BCUT2D eigenvalue weighted by Gasteiger charge is 2.14. The Morgan fingerprint density at radius 1 is 0.958 bits per heavy atom. The van der Waals surface area contributed by atoms with E-state index in [0.29, 0.717) is 17.3 Å². The zero-order valence-electron chi connectivity index (χ0n) is 14.0. The van der Waals surface area contributed by atoms with Crippen LogP contribution in [0.1, 0.15) is 26.3 Å². The van der Waals surface area contributed by atoms with E-state index in [2.05, 4.69) is 23.9 Å². The summed E-state index contributed by atoms with van der Waals surface area (Å²) < 4.78 is 27.4. The Morgan fingerprint density at radius 2 is 1.50 bits per heavy atom. The number of benzene rings is 2. The van der Waals surface area contributed by atoms with E-state index >= 15 is 0 Å². The number of anilines is 2. The number of sulfonamides is 1. The van der Waals surface area contributed by atoms with Crippen LogP contribution < -0.4 is 10.0 Å². The fourth-order valence-corrected chi connectivity index (χ4v) is 3.37. The maximum atomic E-state index is 12.4. The number of carbonyl (C=O) groups is 1. The maximum Gasteiger partial charge on any atom is 0.261 e. The van der Waals surface area contributed by atoms with Crippen LogP contribution >= 0.6 is 0 Å². The fourth-order valence-electron chi connectivity index (χ4n) is 2.32. The maximum absolute atomic E-state index is 12.4. The van der Waals surface area contributed by atoms with Crippen molar-refractivity contribution in [1.82, 2.24) is 0 Å². The van der Waals surface area contributed by atoms with Crippen LogP contribution in [0.2, 0.25) is 0 Å². The Balaban J connectivity index is 2.11. The van der Waals surface area contributed by atoms with Crippen LogP contribution in [0.5, 0.6) is 0 Å². The van der Waals surface area contributed by atoms with Crippen molar-refractivity contribution in [2.75, 3.05) is 10.0 Å². The second kappa shape index (κ2) is 7.49. The molecule has 0 spiro atoms. The lowest BCUT2D eigenvalue weighted by molar-refractivity contribution is -0.114. The highest BCUT2D eigenvalue weighted by Crippen LogP contribution is 2.19. The van der Waals surface area contributed by atoms with Crippen molar-refractivity contribution in [2.45, 2.75) is 32.1 Å². The molecule has 0 bridgehead atoms. The van der Waals surface area contributed by atoms with Gasteiger partial charge in [0, 0.05) is 18.3 Å². The van der Waals surface area contributed by atoms with E-state index in [9.17, 15) is 13.2 Å². The van der Waals surface area contributed by atoms with Gasteiger partial charge in [-0.1, -0.05) is 26.0 Å². The molecular weight excluding hydrogens is 324 g/mol. The predicted octanol–water partition coefficient (Wildman–Crippen LogP) is 3.64. The fraction of sp³-hybridized carbons (Fsp3) is 0.278. The van der Waals surface area contributed by atoms with E-state index in [1.165, 1.54) is 6.92 Å². The van der Waals surface area contributed by atoms with Gasteiger partial charge in [-0.2, -0.15) is 0 Å². The summed E-state index contributed by atoms with van der Waals surface area (Å²) in [7, 11) is -3.63. The molecule has 0 aromatic heterocycles. The average molecular weight is 346 g/mol. The third-order valence-corrected chi connectivity index (χ3v) is 4.73. The summed E-state index contributed by atoms with van der Waals surface area (Å²) in [6.45, 7) is 5.66. The molecule has 0 unspecified atom stereocenters. The second-order valence-corrected chi connectivity index (χ2v) is 7.79. The van der Waals surface area contributed by atoms with E-state index in [0.717, 1.165) is 12.0 Å². The van der Waals surface area contributed by atoms with Gasteiger partial charge in [0.2, 0.25) is 5.91 Å². The molecule has 0 fully saturated rings. The molecule has 0 aliphatic carbocycles. The summed E-state index contributed by atoms with van der Waals surface area (Å²) in [5, 5.41) is 2.63. The van der Waals surface area contributed by atoms with Gasteiger partial charge in [-0.05, 0) is 54.3 Å². The molecule has 0 saturated carbocycles. The van der Waals surface area contributed by atoms with Gasteiger partial charge >= 0.3 is 0 Å². The topological polar surface area (TPSA) is 75.3 Å². The molecular formula is C18H22N2O3S. The number of nitrogens with one attached hydrogen (secondary N) is 2. The predicted molar refractivity (Wildman–Crippen MR) is 96.5 cm³/mol. The van der Waals surface area contributed by atoms with Crippen molar-refractivity contribution in [2.24, 2.45) is 5.92 Å². The monoisotopic (exact) mass is 346 g/mol. The number of hydrogen-bond acceptors (Lipinski definition) is 3. The Morgan fingerprint density at radius 3 is 2.00 bits per heavy atom. The van der Waals surface area contributed by atoms with Gasteiger partial charge in [0.1, 0.15) is 0 Å². The lowest BCUT2D eigenvalue weighted by Gasteiger charge is -2.10. The first-order valence-corrected chi connectivity index (χ1v) is 9.24. The zero-order chi connectivity index (χ0) is 17.7. The number of hydrogen-bond donors (Lipinski definition) is 2. The van der Waals surface area contributed by atoms with E-state index in [4.69, 9.17) is 0 Å². The van der Waals surface area contributed by atoms with Crippen LogP contribution in [-0.4, -0.2) is 14.3 Å². The first-order valence-electron chi connectivity index (χ1n) is 7.75. The summed E-state index contributed by atoms with van der Waals surface area (Å²) in [5.41, 5.74) is 2.17. The summed E-state index contributed by atoms with van der Waals surface area (Å²) in [5.74, 6) is 0.345. The lowest BCUT2D eigenvalue weighted by atomic mass is 10.0. The molecule has 0 aliphatic heterocycles. The first-order chi connectivity index (χ1) is 11.3. The normalized spacial score (nSPS) is 11.3. The molecule has 0 radical (unpaired) electrons. The second-order valence-electron chi connectivity index (χ2n) is 6.11. The Hall–Kier alpha value is -2.34. The molecule has 0 heterocycles. The molecule has 1 amide bonds. The highest BCUT2D eigenvalue weighted by molar-refractivity contribution is 7.92. The molecule has 2 rings (SSSR count). The summed E-state index contributed by atoms with van der Waals surface area (Å²) in [6, 6.07) is 13.4. The molecule has 0 aliphatic rings. The van der Waals surface area contributed by atoms with Gasteiger partial charge in [0.15, 0.2) is 0 Å². The molecule has 128 valence electrons. The van der Waals surface area contributed by atoms with Crippen LogP contribution in [-0.2, 0) is 21.2 Å². The van der Waals surface area contributed by atoms with Crippen LogP contribution in [0.4, 0.5) is 11.4 Å². The number of carbonyl (C=O) groups excluding carboxylic acids is 1. The average Bonchev–Trinajstić information content (AvgIpc) is 2.48. The van der Waals surface area contributed by atoms with Gasteiger partial charge in [0.25, 0.3) is 10.0 Å². The van der Waals surface area contributed by atoms with E-state index < -0.39 is 10.0 Å². The Labute approximate surface area is 143 Å². The molecule has 2 aromatic rings. The summed E-state index contributed by atoms with van der Waals surface area (Å²) in [6.07, 6.45) is 0.915. The Bertz CT molecular complexity index is 795. The molecule has 5 nitrogen and oxygen atoms in total. The number of amides is 1. The van der Waals surface area contributed by atoms with Crippen molar-refractivity contribution in [1.29, 1.82) is 0 Å². The third-order valence-electron chi connectivity index (χ3n) is 3.34. The van der Waals surface area contributed by atoms with Crippen molar-refractivity contribution >= 4 is 27.3 Å². The zero-order valence-corrected chi connectivity index (χ0v) is 14.9. The lowest BCUT2D eigenvalue weighted by Crippen LogP contribution is -2.13. The summed E-state index contributed by atoms with van der Waals surface area (Å²) >= 11 is 0. The quantitative estimate of drug-likeness (QED) is 0.838. The molecule has 2 N–H and O–H groups in total. The smallest absolute Gasteiger partial charge is 0.261 e. The third kappa shape index (κ3) is 5.09. The van der Waals surface area contributed by atoms with Gasteiger partial charge < -0.3 is 5.32 Å². The largest absolute Gasteiger partial charge is 0.326 e. The van der Waals surface area contributed by atoms with Gasteiger partial charge in [-0.25, -0.2) is 8.42 Å². The summed E-state index contributed by atoms with van der Waals surface area (Å²) in [4.78, 5) is 11.2. The van der Waals surface area contributed by atoms with Crippen molar-refractivity contribution in [3.05, 3.63) is 54.1 Å². The van der Waals surface area contributed by atoms with Crippen LogP contribution in [0.25, 0.3) is 0 Å². The molecule has 0 saturated heterocycles. The van der Waals surface area contributed by atoms with Crippen molar-refractivity contribution < 1.29 is 13.2 Å². The van der Waals surface area contributed by atoms with Gasteiger partial charge in [-0.15, -0.1) is 0 Å².